The maximum Gasteiger partial charge on any atom is 0.0896 e. The second-order valence-electron chi connectivity index (χ2n) is 3.19. The molecule has 0 N–H and O–H groups in total. The van der Waals surface area contributed by atoms with E-state index in [1.54, 1.807) is 7.11 Å². The first-order valence-corrected chi connectivity index (χ1v) is 4.11. The Morgan fingerprint density at radius 1 is 1.73 bits per heavy atom. The van der Waals surface area contributed by atoms with Gasteiger partial charge in [-0.25, -0.2) is 0 Å². The normalized spacial score (nSPS) is 31.3. The van der Waals surface area contributed by atoms with Crippen LogP contribution in [0.25, 0.3) is 0 Å². The van der Waals surface area contributed by atoms with Crippen LogP contribution in [0.1, 0.15) is 26.2 Å². The average Bonchev–Trinajstić information content (AvgIpc) is 2.05. The quantitative estimate of drug-likeness (QED) is 0.591. The van der Waals surface area contributed by atoms with Gasteiger partial charge in [-0.2, -0.15) is 0 Å². The molecule has 1 aliphatic rings. The summed E-state index contributed by atoms with van der Waals surface area (Å²) in [5, 5.41) is 0. The minimum Gasteiger partial charge on any atom is -0.374 e. The predicted octanol–water partition coefficient (Wildman–Crippen LogP) is 2.69. The van der Waals surface area contributed by atoms with Crippen LogP contribution in [0.5, 0.6) is 0 Å². The predicted molar refractivity (Wildman–Crippen MR) is 47.5 cm³/mol. The van der Waals surface area contributed by atoms with Crippen molar-refractivity contribution in [3.05, 3.63) is 24.3 Å². The van der Waals surface area contributed by atoms with E-state index in [1.165, 1.54) is 18.4 Å². The second-order valence-corrected chi connectivity index (χ2v) is 3.19. The fraction of sp³-hybridized carbons (Fsp3) is 0.600. The molecule has 1 rings (SSSR count). The number of ether oxygens (including phenoxy) is 1. The summed E-state index contributed by atoms with van der Waals surface area (Å²) in [4.78, 5) is 0. The van der Waals surface area contributed by atoms with E-state index in [4.69, 9.17) is 4.74 Å². The minimum absolute atomic E-state index is 0.0694. The Labute approximate surface area is 68.8 Å². The fourth-order valence-electron chi connectivity index (χ4n) is 1.58. The molecule has 0 saturated carbocycles. The van der Waals surface area contributed by atoms with E-state index < -0.39 is 0 Å². The van der Waals surface area contributed by atoms with Gasteiger partial charge in [0.2, 0.25) is 0 Å². The highest BCUT2D eigenvalue weighted by molar-refractivity contribution is 5.28. The molecule has 0 fully saturated rings. The zero-order valence-electron chi connectivity index (χ0n) is 7.39. The monoisotopic (exact) mass is 152 g/mol. The summed E-state index contributed by atoms with van der Waals surface area (Å²) in [5.74, 6) is 0. The van der Waals surface area contributed by atoms with Crippen molar-refractivity contribution < 1.29 is 4.74 Å². The molecule has 11 heavy (non-hydrogen) atoms. The highest BCUT2D eigenvalue weighted by Gasteiger charge is 2.28. The summed E-state index contributed by atoms with van der Waals surface area (Å²) in [5.41, 5.74) is 1.17. The van der Waals surface area contributed by atoms with E-state index in [0.29, 0.717) is 0 Å². The van der Waals surface area contributed by atoms with Gasteiger partial charge in [-0.05, 0) is 31.8 Å². The molecule has 0 aromatic carbocycles. The maximum absolute atomic E-state index is 5.44. The van der Waals surface area contributed by atoms with Crippen LogP contribution in [-0.4, -0.2) is 12.7 Å². The highest BCUT2D eigenvalue weighted by atomic mass is 16.5. The van der Waals surface area contributed by atoms with Gasteiger partial charge in [-0.3, -0.25) is 0 Å². The van der Waals surface area contributed by atoms with Gasteiger partial charge in [0.05, 0.1) is 5.60 Å². The van der Waals surface area contributed by atoms with Crippen molar-refractivity contribution in [2.45, 2.75) is 31.8 Å². The molecule has 1 unspecified atom stereocenters. The Balaban J connectivity index is 2.84. The smallest absolute Gasteiger partial charge is 0.0896 e. The van der Waals surface area contributed by atoms with Crippen LogP contribution in [0.2, 0.25) is 0 Å². The Morgan fingerprint density at radius 3 is 2.91 bits per heavy atom. The largest absolute Gasteiger partial charge is 0.374 e. The Hall–Kier alpha value is -0.560. The van der Waals surface area contributed by atoms with Crippen LogP contribution >= 0.6 is 0 Å². The molecule has 0 radical (unpaired) electrons. The van der Waals surface area contributed by atoms with Gasteiger partial charge in [-0.1, -0.05) is 18.7 Å². The van der Waals surface area contributed by atoms with Crippen molar-refractivity contribution in [1.82, 2.24) is 0 Å². The molecule has 0 heterocycles. The lowest BCUT2D eigenvalue weighted by molar-refractivity contribution is 0.0285. The third-order valence-electron chi connectivity index (χ3n) is 2.50. The lowest BCUT2D eigenvalue weighted by Crippen LogP contribution is -2.30. The lowest BCUT2D eigenvalue weighted by atomic mass is 9.85. The van der Waals surface area contributed by atoms with Gasteiger partial charge in [-0.15, -0.1) is 0 Å². The summed E-state index contributed by atoms with van der Waals surface area (Å²) in [6, 6.07) is 0. The zero-order chi connectivity index (χ0) is 8.32. The summed E-state index contributed by atoms with van der Waals surface area (Å²) in [6.45, 7) is 5.90. The number of hydrogen-bond donors (Lipinski definition) is 0. The standard InChI is InChI=1S/C10H16O/c1-4-9-7-5-6-8-10(9,2)11-3/h4,7H,1,5-6,8H2,2-3H3. The molecule has 0 bridgehead atoms. The third kappa shape index (κ3) is 1.54. The van der Waals surface area contributed by atoms with Gasteiger partial charge in [0.25, 0.3) is 0 Å². The lowest BCUT2D eigenvalue weighted by Gasteiger charge is -2.32. The van der Waals surface area contributed by atoms with Crippen LogP contribution in [0, 0.1) is 0 Å². The maximum atomic E-state index is 5.44. The molecule has 0 aromatic heterocycles. The van der Waals surface area contributed by atoms with Crippen molar-refractivity contribution >= 4 is 0 Å². The molecule has 0 amide bonds. The van der Waals surface area contributed by atoms with E-state index in [9.17, 15) is 0 Å². The molecular formula is C10H16O. The van der Waals surface area contributed by atoms with E-state index in [0.717, 1.165) is 6.42 Å². The molecule has 1 aliphatic carbocycles. The first-order valence-electron chi connectivity index (χ1n) is 4.11. The number of allylic oxidation sites excluding steroid dienone is 1. The molecule has 1 heteroatoms. The molecule has 0 spiro atoms. The Morgan fingerprint density at radius 2 is 2.45 bits per heavy atom. The first kappa shape index (κ1) is 8.54. The van der Waals surface area contributed by atoms with Crippen molar-refractivity contribution in [3.63, 3.8) is 0 Å². The van der Waals surface area contributed by atoms with Gasteiger partial charge in [0.1, 0.15) is 0 Å². The van der Waals surface area contributed by atoms with E-state index in [1.807, 2.05) is 6.08 Å². The number of rotatable bonds is 2. The molecular weight excluding hydrogens is 136 g/mol. The van der Waals surface area contributed by atoms with Crippen molar-refractivity contribution in [2.75, 3.05) is 7.11 Å². The van der Waals surface area contributed by atoms with Crippen molar-refractivity contribution in [2.24, 2.45) is 0 Å². The molecule has 0 aliphatic heterocycles. The number of hydrogen-bond acceptors (Lipinski definition) is 1. The Kier molecular flexibility index (Phi) is 2.50. The molecule has 0 saturated heterocycles. The Bertz CT molecular complexity index is 181. The summed E-state index contributed by atoms with van der Waals surface area (Å²) in [7, 11) is 1.77. The third-order valence-corrected chi connectivity index (χ3v) is 2.50. The minimum atomic E-state index is -0.0694. The van der Waals surface area contributed by atoms with E-state index in [-0.39, 0.29) is 5.60 Å². The van der Waals surface area contributed by atoms with Gasteiger partial charge < -0.3 is 4.74 Å². The van der Waals surface area contributed by atoms with Gasteiger partial charge in [0.15, 0.2) is 0 Å². The SMILES string of the molecule is C=CC1=CCCCC1(C)OC. The first-order chi connectivity index (χ1) is 5.23. The number of methoxy groups -OCH3 is 1. The molecule has 0 aromatic rings. The molecule has 1 nitrogen and oxygen atoms in total. The highest BCUT2D eigenvalue weighted by Crippen LogP contribution is 2.31. The van der Waals surface area contributed by atoms with Crippen LogP contribution in [0.4, 0.5) is 0 Å². The fourth-order valence-corrected chi connectivity index (χ4v) is 1.58. The van der Waals surface area contributed by atoms with Crippen molar-refractivity contribution in [1.29, 1.82) is 0 Å². The zero-order valence-corrected chi connectivity index (χ0v) is 7.39. The molecule has 1 atom stereocenters. The van der Waals surface area contributed by atoms with Crippen LogP contribution < -0.4 is 0 Å². The molecule has 62 valence electrons. The van der Waals surface area contributed by atoms with Crippen LogP contribution in [0.3, 0.4) is 0 Å². The summed E-state index contributed by atoms with van der Waals surface area (Å²) in [6.07, 6.45) is 7.63. The topological polar surface area (TPSA) is 9.23 Å². The summed E-state index contributed by atoms with van der Waals surface area (Å²) < 4.78 is 5.44. The van der Waals surface area contributed by atoms with E-state index in [2.05, 4.69) is 19.6 Å². The van der Waals surface area contributed by atoms with E-state index >= 15 is 0 Å². The van der Waals surface area contributed by atoms with Gasteiger partial charge >= 0.3 is 0 Å². The summed E-state index contributed by atoms with van der Waals surface area (Å²) >= 11 is 0. The second kappa shape index (κ2) is 3.22. The average molecular weight is 152 g/mol. The van der Waals surface area contributed by atoms with Crippen LogP contribution in [0.15, 0.2) is 24.3 Å². The van der Waals surface area contributed by atoms with Crippen LogP contribution in [-0.2, 0) is 4.74 Å². The van der Waals surface area contributed by atoms with Gasteiger partial charge in [0, 0.05) is 7.11 Å². The van der Waals surface area contributed by atoms with Crippen molar-refractivity contribution in [3.8, 4) is 0 Å².